The molecule has 1 atom stereocenters. The normalized spacial score (nSPS) is 11.9. The number of nitrogens with two attached hydrogens (primary N) is 1. The van der Waals surface area contributed by atoms with Gasteiger partial charge in [-0.2, -0.15) is 0 Å². The van der Waals surface area contributed by atoms with Crippen molar-refractivity contribution in [1.29, 1.82) is 0 Å². The number of carbonyl (C=O) groups is 1. The van der Waals surface area contributed by atoms with Gasteiger partial charge in [-0.15, -0.1) is 0 Å². The van der Waals surface area contributed by atoms with Gasteiger partial charge in [-0.25, -0.2) is 0 Å². The average Bonchev–Trinajstić information content (AvgIpc) is 2.46. The summed E-state index contributed by atoms with van der Waals surface area (Å²) >= 11 is 0. The van der Waals surface area contributed by atoms with Gasteiger partial charge in [0.25, 0.3) is 0 Å². The Morgan fingerprint density at radius 1 is 1.16 bits per heavy atom. The second kappa shape index (κ2) is 5.54. The fourth-order valence-electron chi connectivity index (χ4n) is 1.92. The fourth-order valence-corrected chi connectivity index (χ4v) is 1.92. The van der Waals surface area contributed by atoms with Gasteiger partial charge in [0.05, 0.1) is 7.11 Å². The first-order valence-electron chi connectivity index (χ1n) is 5.85. The lowest BCUT2D eigenvalue weighted by molar-refractivity contribution is -0.138. The number of carboxylic acid groups (broad SMARTS) is 1. The number of benzene rings is 2. The molecule has 0 heterocycles. The molecule has 3 N–H and O–H groups in total. The minimum Gasteiger partial charge on any atom is -0.496 e. The van der Waals surface area contributed by atoms with Crippen LogP contribution in [-0.4, -0.2) is 18.2 Å². The van der Waals surface area contributed by atoms with Crippen LogP contribution in [0.3, 0.4) is 0 Å². The number of aliphatic carboxylic acids is 1. The van der Waals surface area contributed by atoms with Crippen molar-refractivity contribution in [2.24, 2.45) is 5.73 Å². The molecule has 2 aromatic rings. The lowest BCUT2D eigenvalue weighted by Gasteiger charge is -2.14. The van der Waals surface area contributed by atoms with Gasteiger partial charge in [-0.3, -0.25) is 4.79 Å². The molecule has 2 aromatic carbocycles. The number of hydrogen-bond acceptors (Lipinski definition) is 3. The van der Waals surface area contributed by atoms with Crippen molar-refractivity contribution in [2.45, 2.75) is 6.04 Å². The molecule has 0 radical (unpaired) electrons. The van der Waals surface area contributed by atoms with E-state index in [1.54, 1.807) is 12.1 Å². The zero-order chi connectivity index (χ0) is 13.8. The maximum absolute atomic E-state index is 11.0. The van der Waals surface area contributed by atoms with Crippen LogP contribution in [0.15, 0.2) is 48.5 Å². The zero-order valence-corrected chi connectivity index (χ0v) is 10.5. The summed E-state index contributed by atoms with van der Waals surface area (Å²) in [6, 6.07) is 14.0. The van der Waals surface area contributed by atoms with E-state index in [0.29, 0.717) is 11.3 Å². The minimum absolute atomic E-state index is 0.469. The van der Waals surface area contributed by atoms with Gasteiger partial charge < -0.3 is 15.6 Å². The van der Waals surface area contributed by atoms with Crippen molar-refractivity contribution in [2.75, 3.05) is 7.11 Å². The first kappa shape index (κ1) is 13.1. The predicted octanol–water partition coefficient (Wildman–Crippen LogP) is 2.45. The molecule has 0 bridgehead atoms. The van der Waals surface area contributed by atoms with E-state index in [2.05, 4.69) is 0 Å². The molecule has 0 saturated carbocycles. The summed E-state index contributed by atoms with van der Waals surface area (Å²) < 4.78 is 5.16. The monoisotopic (exact) mass is 257 g/mol. The molecular weight excluding hydrogens is 242 g/mol. The summed E-state index contributed by atoms with van der Waals surface area (Å²) in [6.07, 6.45) is 0. The van der Waals surface area contributed by atoms with Gasteiger partial charge in [-0.05, 0) is 23.3 Å². The smallest absolute Gasteiger partial charge is 0.325 e. The molecule has 4 heteroatoms. The maximum atomic E-state index is 11.0. The summed E-state index contributed by atoms with van der Waals surface area (Å²) in [7, 11) is 1.50. The van der Waals surface area contributed by atoms with Crippen LogP contribution < -0.4 is 10.5 Å². The van der Waals surface area contributed by atoms with Crippen molar-refractivity contribution in [3.63, 3.8) is 0 Å². The van der Waals surface area contributed by atoms with Crippen molar-refractivity contribution in [3.05, 3.63) is 54.1 Å². The largest absolute Gasteiger partial charge is 0.496 e. The molecule has 0 aliphatic rings. The van der Waals surface area contributed by atoms with Crippen molar-refractivity contribution < 1.29 is 14.6 Å². The molecule has 0 aromatic heterocycles. The van der Waals surface area contributed by atoms with Gasteiger partial charge in [0, 0.05) is 5.56 Å². The average molecular weight is 257 g/mol. The molecule has 2 rings (SSSR count). The van der Waals surface area contributed by atoms with Crippen molar-refractivity contribution in [1.82, 2.24) is 0 Å². The van der Waals surface area contributed by atoms with Gasteiger partial charge in [0.1, 0.15) is 11.8 Å². The minimum atomic E-state index is -1.10. The van der Waals surface area contributed by atoms with E-state index >= 15 is 0 Å². The molecule has 1 unspecified atom stereocenters. The second-order valence-electron chi connectivity index (χ2n) is 4.14. The number of rotatable bonds is 4. The zero-order valence-electron chi connectivity index (χ0n) is 10.5. The fraction of sp³-hybridized carbons (Fsp3) is 0.133. The molecule has 98 valence electrons. The summed E-state index contributed by atoms with van der Waals surface area (Å²) in [5.41, 5.74) is 8.06. The van der Waals surface area contributed by atoms with E-state index in [-0.39, 0.29) is 0 Å². The molecule has 19 heavy (non-hydrogen) atoms. The van der Waals surface area contributed by atoms with Crippen molar-refractivity contribution in [3.8, 4) is 16.9 Å². The third kappa shape index (κ3) is 2.74. The lowest BCUT2D eigenvalue weighted by Crippen LogP contribution is -2.21. The molecule has 0 spiro atoms. The van der Waals surface area contributed by atoms with Crippen LogP contribution in [0, 0.1) is 0 Å². The summed E-state index contributed by atoms with van der Waals surface area (Å²) in [5.74, 6) is -0.599. The Balaban J connectivity index is 2.50. The van der Waals surface area contributed by atoms with Crippen LogP contribution in [0.1, 0.15) is 11.6 Å². The SMILES string of the molecule is COc1ccc(-c2ccccc2)cc1C(N)C(=O)O. The number of hydrogen-bond donors (Lipinski definition) is 2. The highest BCUT2D eigenvalue weighted by Gasteiger charge is 2.19. The van der Waals surface area contributed by atoms with Crippen LogP contribution >= 0.6 is 0 Å². The first-order valence-corrected chi connectivity index (χ1v) is 5.85. The van der Waals surface area contributed by atoms with E-state index in [9.17, 15) is 4.79 Å². The van der Waals surface area contributed by atoms with E-state index in [0.717, 1.165) is 11.1 Å². The quantitative estimate of drug-likeness (QED) is 0.882. The van der Waals surface area contributed by atoms with Gasteiger partial charge in [-0.1, -0.05) is 36.4 Å². The molecule has 4 nitrogen and oxygen atoms in total. The van der Waals surface area contributed by atoms with Crippen LogP contribution in [0.2, 0.25) is 0 Å². The summed E-state index contributed by atoms with van der Waals surface area (Å²) in [4.78, 5) is 11.0. The molecule has 0 aliphatic heterocycles. The highest BCUT2D eigenvalue weighted by atomic mass is 16.5. The van der Waals surface area contributed by atoms with Crippen LogP contribution in [0.5, 0.6) is 5.75 Å². The second-order valence-corrected chi connectivity index (χ2v) is 4.14. The van der Waals surface area contributed by atoms with Gasteiger partial charge in [0.15, 0.2) is 0 Å². The highest BCUT2D eigenvalue weighted by molar-refractivity contribution is 5.78. The Hall–Kier alpha value is -2.33. The molecule has 0 fully saturated rings. The Morgan fingerprint density at radius 2 is 1.84 bits per heavy atom. The Kier molecular flexibility index (Phi) is 3.82. The summed E-state index contributed by atoms with van der Waals surface area (Å²) in [5, 5.41) is 9.04. The van der Waals surface area contributed by atoms with Gasteiger partial charge in [0.2, 0.25) is 0 Å². The standard InChI is InChI=1S/C15H15NO3/c1-19-13-8-7-11(10-5-3-2-4-6-10)9-12(13)14(16)15(17)18/h2-9,14H,16H2,1H3,(H,17,18). The van der Waals surface area contributed by atoms with E-state index in [1.807, 2.05) is 36.4 Å². The number of ether oxygens (including phenoxy) is 1. The van der Waals surface area contributed by atoms with E-state index in [4.69, 9.17) is 15.6 Å². The Bertz CT molecular complexity index is 581. The van der Waals surface area contributed by atoms with E-state index < -0.39 is 12.0 Å². The number of carboxylic acids is 1. The lowest BCUT2D eigenvalue weighted by atomic mass is 9.99. The molecule has 0 saturated heterocycles. The third-order valence-corrected chi connectivity index (χ3v) is 2.94. The van der Waals surface area contributed by atoms with Gasteiger partial charge >= 0.3 is 5.97 Å². The summed E-state index contributed by atoms with van der Waals surface area (Å²) in [6.45, 7) is 0. The highest BCUT2D eigenvalue weighted by Crippen LogP contribution is 2.30. The molecule has 0 aliphatic carbocycles. The maximum Gasteiger partial charge on any atom is 0.325 e. The van der Waals surface area contributed by atoms with Crippen molar-refractivity contribution >= 4 is 5.97 Å². The first-order chi connectivity index (χ1) is 9.13. The molecule has 0 amide bonds. The third-order valence-electron chi connectivity index (χ3n) is 2.94. The van der Waals surface area contributed by atoms with E-state index in [1.165, 1.54) is 7.11 Å². The Labute approximate surface area is 111 Å². The van der Waals surface area contributed by atoms with Crippen LogP contribution in [-0.2, 0) is 4.79 Å². The number of methoxy groups -OCH3 is 1. The predicted molar refractivity (Wildman–Crippen MR) is 73.0 cm³/mol. The van der Waals surface area contributed by atoms with Crippen LogP contribution in [0.4, 0.5) is 0 Å². The molecular formula is C15H15NO3. The Morgan fingerprint density at radius 3 is 2.42 bits per heavy atom. The van der Waals surface area contributed by atoms with Crippen LogP contribution in [0.25, 0.3) is 11.1 Å². The topological polar surface area (TPSA) is 72.5 Å².